The third-order valence-electron chi connectivity index (χ3n) is 4.27. The molecule has 2 aromatic heterocycles. The molecule has 0 radical (unpaired) electrons. The van der Waals surface area contributed by atoms with Gasteiger partial charge in [-0.05, 0) is 43.3 Å². The molecular weight excluding hydrogens is 438 g/mol. The number of carbonyl (C=O) groups excluding carboxylic acids is 2. The Labute approximate surface area is 177 Å². The Bertz CT molecular complexity index is 1110. The Kier molecular flexibility index (Phi) is 5.93. The first-order valence-electron chi connectivity index (χ1n) is 8.67. The van der Waals surface area contributed by atoms with Crippen LogP contribution in [0.25, 0.3) is 0 Å². The van der Waals surface area contributed by atoms with E-state index in [-0.39, 0.29) is 21.4 Å². The van der Waals surface area contributed by atoms with E-state index in [1.54, 1.807) is 0 Å². The Morgan fingerprint density at radius 2 is 1.77 bits per heavy atom. The van der Waals surface area contributed by atoms with Crippen LogP contribution in [0, 0.1) is 5.82 Å². The highest BCUT2D eigenvalue weighted by Crippen LogP contribution is 2.36. The summed E-state index contributed by atoms with van der Waals surface area (Å²) in [6.45, 7) is 1.49. The van der Waals surface area contributed by atoms with Crippen LogP contribution in [-0.4, -0.2) is 27.7 Å². The molecule has 7 nitrogen and oxygen atoms in total. The van der Waals surface area contributed by atoms with Crippen molar-refractivity contribution in [2.24, 2.45) is 5.73 Å². The number of aromatic nitrogens is 2. The van der Waals surface area contributed by atoms with Crippen molar-refractivity contribution in [2.45, 2.75) is 19.1 Å². The summed E-state index contributed by atoms with van der Waals surface area (Å²) in [7, 11) is 0. The highest BCUT2D eigenvalue weighted by Gasteiger charge is 2.33. The second-order valence-electron chi connectivity index (χ2n) is 6.39. The SMILES string of the molecule is CC(C(N)=O)N(c1ccc(F)cc1)c1nc(N)c(C(=O)c2ccc(C(F)(F)F)nc2)s1. The Morgan fingerprint density at radius 3 is 2.29 bits per heavy atom. The van der Waals surface area contributed by atoms with Crippen LogP contribution in [0.2, 0.25) is 0 Å². The molecule has 1 atom stereocenters. The highest BCUT2D eigenvalue weighted by atomic mass is 32.1. The highest BCUT2D eigenvalue weighted by molar-refractivity contribution is 7.18. The minimum atomic E-state index is -4.64. The number of thiazole rings is 1. The zero-order valence-corrected chi connectivity index (χ0v) is 16.7. The van der Waals surface area contributed by atoms with Crippen molar-refractivity contribution in [3.05, 3.63) is 64.5 Å². The Balaban J connectivity index is 1.99. The maximum atomic E-state index is 13.3. The molecule has 0 saturated heterocycles. The molecule has 3 rings (SSSR count). The van der Waals surface area contributed by atoms with Gasteiger partial charge in [-0.3, -0.25) is 14.6 Å². The molecule has 1 unspecified atom stereocenters. The number of ketones is 1. The van der Waals surface area contributed by atoms with Gasteiger partial charge in [0.05, 0.1) is 0 Å². The van der Waals surface area contributed by atoms with Gasteiger partial charge in [0.2, 0.25) is 11.7 Å². The van der Waals surface area contributed by atoms with Crippen molar-refractivity contribution in [3.8, 4) is 0 Å². The number of nitrogen functional groups attached to an aromatic ring is 1. The summed E-state index contributed by atoms with van der Waals surface area (Å²) in [6, 6.07) is 5.89. The molecule has 162 valence electrons. The van der Waals surface area contributed by atoms with Crippen molar-refractivity contribution < 1.29 is 27.2 Å². The maximum absolute atomic E-state index is 13.3. The third kappa shape index (κ3) is 4.63. The minimum absolute atomic E-state index is 0.0552. The first-order chi connectivity index (χ1) is 14.5. The number of anilines is 3. The number of nitrogens with zero attached hydrogens (tertiary/aromatic N) is 3. The van der Waals surface area contributed by atoms with Crippen LogP contribution >= 0.6 is 11.3 Å². The summed E-state index contributed by atoms with van der Waals surface area (Å²) < 4.78 is 51.4. The summed E-state index contributed by atoms with van der Waals surface area (Å²) in [5.74, 6) is -2.08. The predicted molar refractivity (Wildman–Crippen MR) is 106 cm³/mol. The second kappa shape index (κ2) is 8.30. The van der Waals surface area contributed by atoms with Gasteiger partial charge in [0.25, 0.3) is 0 Å². The molecule has 0 saturated carbocycles. The summed E-state index contributed by atoms with van der Waals surface area (Å²) >= 11 is 0.814. The number of primary amides is 1. The summed E-state index contributed by atoms with van der Waals surface area (Å²) in [4.78, 5) is 33.3. The molecule has 3 aromatic rings. The van der Waals surface area contributed by atoms with Gasteiger partial charge in [-0.1, -0.05) is 11.3 Å². The quantitative estimate of drug-likeness (QED) is 0.436. The smallest absolute Gasteiger partial charge is 0.382 e. The maximum Gasteiger partial charge on any atom is 0.433 e. The number of benzene rings is 1. The third-order valence-corrected chi connectivity index (χ3v) is 5.34. The molecule has 2 heterocycles. The zero-order valence-electron chi connectivity index (χ0n) is 15.9. The number of nitrogens with two attached hydrogens (primary N) is 2. The molecule has 0 spiro atoms. The fourth-order valence-corrected chi connectivity index (χ4v) is 3.69. The second-order valence-corrected chi connectivity index (χ2v) is 7.37. The molecule has 0 aliphatic heterocycles. The van der Waals surface area contributed by atoms with Crippen LogP contribution in [0.4, 0.5) is 34.2 Å². The van der Waals surface area contributed by atoms with Gasteiger partial charge in [-0.2, -0.15) is 13.2 Å². The van der Waals surface area contributed by atoms with E-state index in [1.165, 1.54) is 36.1 Å². The molecule has 12 heteroatoms. The number of carbonyl (C=O) groups is 2. The lowest BCUT2D eigenvalue weighted by atomic mass is 10.1. The summed E-state index contributed by atoms with van der Waals surface area (Å²) in [5.41, 5.74) is 10.4. The van der Waals surface area contributed by atoms with Gasteiger partial charge in [-0.25, -0.2) is 9.37 Å². The number of rotatable bonds is 6. The lowest BCUT2D eigenvalue weighted by molar-refractivity contribution is -0.141. The van der Waals surface area contributed by atoms with E-state index >= 15 is 0 Å². The van der Waals surface area contributed by atoms with Gasteiger partial charge in [0.15, 0.2) is 5.13 Å². The van der Waals surface area contributed by atoms with Gasteiger partial charge in [0.1, 0.15) is 28.2 Å². The predicted octanol–water partition coefficient (Wildman–Crippen LogP) is 3.52. The Hall–Kier alpha value is -3.54. The molecule has 0 fully saturated rings. The Morgan fingerprint density at radius 1 is 1.13 bits per heavy atom. The number of hydrogen-bond acceptors (Lipinski definition) is 7. The van der Waals surface area contributed by atoms with Crippen molar-refractivity contribution in [2.75, 3.05) is 10.6 Å². The van der Waals surface area contributed by atoms with Crippen molar-refractivity contribution in [1.29, 1.82) is 0 Å². The van der Waals surface area contributed by atoms with Crippen molar-refractivity contribution in [3.63, 3.8) is 0 Å². The fourth-order valence-electron chi connectivity index (χ4n) is 2.64. The van der Waals surface area contributed by atoms with Crippen LogP contribution in [0.5, 0.6) is 0 Å². The molecule has 1 amide bonds. The van der Waals surface area contributed by atoms with Gasteiger partial charge in [0, 0.05) is 17.4 Å². The first kappa shape index (κ1) is 22.2. The topological polar surface area (TPSA) is 115 Å². The van der Waals surface area contributed by atoms with Gasteiger partial charge in [-0.15, -0.1) is 0 Å². The lowest BCUT2D eigenvalue weighted by Crippen LogP contribution is -2.39. The average molecular weight is 453 g/mol. The van der Waals surface area contributed by atoms with Crippen molar-refractivity contribution >= 4 is 39.7 Å². The zero-order chi connectivity index (χ0) is 22.9. The monoisotopic (exact) mass is 453 g/mol. The van der Waals surface area contributed by atoms with E-state index in [9.17, 15) is 27.2 Å². The minimum Gasteiger partial charge on any atom is -0.382 e. The molecule has 0 bridgehead atoms. The van der Waals surface area contributed by atoms with E-state index < -0.39 is 35.4 Å². The largest absolute Gasteiger partial charge is 0.433 e. The van der Waals surface area contributed by atoms with Gasteiger partial charge < -0.3 is 16.4 Å². The van der Waals surface area contributed by atoms with E-state index in [0.717, 1.165) is 23.6 Å². The van der Waals surface area contributed by atoms with Crippen LogP contribution in [0.15, 0.2) is 42.6 Å². The average Bonchev–Trinajstić information content (AvgIpc) is 3.09. The van der Waals surface area contributed by atoms with Gasteiger partial charge >= 0.3 is 6.18 Å². The molecule has 4 N–H and O–H groups in total. The molecule has 0 aliphatic rings. The fraction of sp³-hybridized carbons (Fsp3) is 0.158. The van der Waals surface area contributed by atoms with Crippen molar-refractivity contribution in [1.82, 2.24) is 9.97 Å². The lowest BCUT2D eigenvalue weighted by Gasteiger charge is -2.26. The number of hydrogen-bond donors (Lipinski definition) is 2. The van der Waals surface area contributed by atoms with E-state index in [1.807, 2.05) is 0 Å². The molecule has 0 aliphatic carbocycles. The molecular formula is C19H15F4N5O2S. The number of amides is 1. The number of alkyl halides is 3. The van der Waals surface area contributed by atoms with E-state index in [4.69, 9.17) is 11.5 Å². The van der Waals surface area contributed by atoms with Crippen LogP contribution in [0.1, 0.15) is 27.9 Å². The van der Waals surface area contributed by atoms with E-state index in [2.05, 4.69) is 9.97 Å². The summed E-state index contributed by atoms with van der Waals surface area (Å²) in [5, 5.41) is 0.124. The van der Waals surface area contributed by atoms with E-state index in [0.29, 0.717) is 11.8 Å². The molecule has 1 aromatic carbocycles. The standard InChI is InChI=1S/C19H15F4N5O2S/c1-9(17(25)30)28(12-5-3-11(20)4-6-12)18-27-16(24)15(31-18)14(29)10-2-7-13(26-8-10)19(21,22)23/h2-9H,24H2,1H3,(H2,25,30). The van der Waals surface area contributed by atoms with Crippen LogP contribution in [-0.2, 0) is 11.0 Å². The summed E-state index contributed by atoms with van der Waals surface area (Å²) in [6.07, 6.45) is -3.84. The number of halogens is 4. The molecule has 31 heavy (non-hydrogen) atoms. The van der Waals surface area contributed by atoms with Crippen LogP contribution in [0.3, 0.4) is 0 Å². The normalized spacial score (nSPS) is 12.4. The number of pyridine rings is 1. The van der Waals surface area contributed by atoms with Crippen LogP contribution < -0.4 is 16.4 Å². The first-order valence-corrected chi connectivity index (χ1v) is 9.49.